The first-order valence-electron chi connectivity index (χ1n) is 18.3. The van der Waals surface area contributed by atoms with E-state index in [-0.39, 0.29) is 0 Å². The van der Waals surface area contributed by atoms with Gasteiger partial charge in [0.25, 0.3) is 0 Å². The highest BCUT2D eigenvalue weighted by atomic mass is 16.3. The Hall–Kier alpha value is -7.04. The van der Waals surface area contributed by atoms with Crippen LogP contribution in [0.25, 0.3) is 43.8 Å². The maximum absolute atomic E-state index is 6.77. The van der Waals surface area contributed by atoms with Gasteiger partial charge in [0.1, 0.15) is 11.2 Å². The zero-order valence-corrected chi connectivity index (χ0v) is 29.9. The zero-order valence-electron chi connectivity index (χ0n) is 29.9. The number of hydrogen-bond donors (Lipinski definition) is 0. The molecule has 0 spiro atoms. The predicted octanol–water partition coefficient (Wildman–Crippen LogP) is 13.3. The monoisotopic (exact) mass is 695 g/mol. The van der Waals surface area contributed by atoms with Crippen molar-refractivity contribution in [1.29, 1.82) is 0 Å². The normalized spacial score (nSPS) is 12.1. The van der Waals surface area contributed by atoms with Gasteiger partial charge < -0.3 is 9.32 Å². The highest BCUT2D eigenvalue weighted by molar-refractivity contribution is 6.20. The van der Waals surface area contributed by atoms with E-state index in [0.29, 0.717) is 12.4 Å². The number of furan rings is 1. The molecule has 0 saturated carbocycles. The van der Waals surface area contributed by atoms with Crippen LogP contribution in [0.4, 0.5) is 17.1 Å². The lowest BCUT2D eigenvalue weighted by Crippen LogP contribution is -2.09. The van der Waals surface area contributed by atoms with Crippen LogP contribution in [0.2, 0.25) is 0 Å². The summed E-state index contributed by atoms with van der Waals surface area (Å²) in [7, 11) is 0. The number of para-hydroxylation sites is 2. The van der Waals surface area contributed by atoms with E-state index < -0.39 is 0 Å². The molecule has 0 aliphatic rings. The van der Waals surface area contributed by atoms with Gasteiger partial charge in [0, 0.05) is 39.0 Å². The molecule has 8 aromatic carbocycles. The van der Waals surface area contributed by atoms with E-state index in [1.807, 2.05) is 36.4 Å². The number of hydrogen-bond acceptors (Lipinski definition) is 3. The quantitative estimate of drug-likeness (QED) is 0.117. The van der Waals surface area contributed by atoms with Crippen molar-refractivity contribution >= 4 is 61.3 Å². The number of fused-ring (bicyclic) bond motifs is 4. The maximum atomic E-state index is 6.77. The summed E-state index contributed by atoms with van der Waals surface area (Å²) >= 11 is 0. The lowest BCUT2D eigenvalue weighted by molar-refractivity contribution is 0.668. The molecule has 0 atom stereocenters. The van der Waals surface area contributed by atoms with Gasteiger partial charge in [-0.1, -0.05) is 133 Å². The fourth-order valence-electron chi connectivity index (χ4n) is 7.17. The highest BCUT2D eigenvalue weighted by Gasteiger charge is 2.19. The van der Waals surface area contributed by atoms with Crippen molar-refractivity contribution < 1.29 is 4.42 Å². The zero-order chi connectivity index (χ0) is 36.3. The SMILES string of the molecule is C/C(=N\C(=N/Cc1ccccc1)c1ccccc1)c1cc(-c2cccc(N(c3ccccc3)c3ccccc3)c2)cc2c1oc1cc3ccccc3cc12. The van der Waals surface area contributed by atoms with Crippen molar-refractivity contribution in [3.63, 3.8) is 0 Å². The average Bonchev–Trinajstić information content (AvgIpc) is 3.60. The molecular formula is C50H37N3O. The Kier molecular flexibility index (Phi) is 8.84. The van der Waals surface area contributed by atoms with Gasteiger partial charge >= 0.3 is 0 Å². The van der Waals surface area contributed by atoms with Gasteiger partial charge in [-0.25, -0.2) is 4.99 Å². The molecular weight excluding hydrogens is 659 g/mol. The summed E-state index contributed by atoms with van der Waals surface area (Å²) in [5.74, 6) is 0.681. The third-order valence-electron chi connectivity index (χ3n) is 9.86. The number of aliphatic imine (C=N–C) groups is 2. The minimum Gasteiger partial charge on any atom is -0.455 e. The Balaban J connectivity index is 1.23. The largest absolute Gasteiger partial charge is 0.455 e. The summed E-state index contributed by atoms with van der Waals surface area (Å²) in [6, 6.07) is 67.6. The summed E-state index contributed by atoms with van der Waals surface area (Å²) in [6.45, 7) is 2.59. The number of rotatable bonds is 8. The van der Waals surface area contributed by atoms with Crippen LogP contribution >= 0.6 is 0 Å². The molecule has 0 fully saturated rings. The summed E-state index contributed by atoms with van der Waals surface area (Å²) in [4.78, 5) is 12.6. The van der Waals surface area contributed by atoms with Crippen LogP contribution in [0.15, 0.2) is 209 Å². The van der Waals surface area contributed by atoms with E-state index in [0.717, 1.165) is 77.9 Å². The van der Waals surface area contributed by atoms with Gasteiger partial charge in [-0.2, -0.15) is 0 Å². The standard InChI is InChI=1S/C50H37N3O/c1-35(52-50(37-19-8-3-9-20-37)51-34-36-17-6-2-7-18-36)45-31-41(32-47-46-30-39-21-14-15-22-40(39)33-48(46)54-49(45)47)38-23-16-28-44(29-38)53(42-24-10-4-11-25-42)43-26-12-5-13-27-43/h2-33H,34H2,1H3/b51-50-,52-35+. The molecule has 1 heterocycles. The first kappa shape index (κ1) is 32.8. The smallest absolute Gasteiger partial charge is 0.155 e. The molecule has 0 saturated heterocycles. The van der Waals surface area contributed by atoms with Crippen LogP contribution in [-0.4, -0.2) is 11.5 Å². The topological polar surface area (TPSA) is 41.1 Å². The van der Waals surface area contributed by atoms with Crippen LogP contribution in [0.1, 0.15) is 23.6 Å². The minimum atomic E-state index is 0.528. The predicted molar refractivity (Wildman–Crippen MR) is 227 cm³/mol. The third-order valence-corrected chi connectivity index (χ3v) is 9.86. The van der Waals surface area contributed by atoms with Crippen molar-refractivity contribution in [1.82, 2.24) is 0 Å². The fraction of sp³-hybridized carbons (Fsp3) is 0.0400. The van der Waals surface area contributed by atoms with E-state index in [1.165, 1.54) is 5.39 Å². The van der Waals surface area contributed by atoms with E-state index in [1.54, 1.807) is 0 Å². The molecule has 4 nitrogen and oxygen atoms in total. The number of nitrogens with zero attached hydrogens (tertiary/aromatic N) is 3. The summed E-state index contributed by atoms with van der Waals surface area (Å²) < 4.78 is 6.77. The van der Waals surface area contributed by atoms with E-state index in [9.17, 15) is 0 Å². The first-order chi connectivity index (χ1) is 26.7. The van der Waals surface area contributed by atoms with Crippen molar-refractivity contribution in [2.45, 2.75) is 13.5 Å². The van der Waals surface area contributed by atoms with E-state index in [2.05, 4.69) is 170 Å². The number of amidine groups is 1. The van der Waals surface area contributed by atoms with Gasteiger partial charge in [0.2, 0.25) is 0 Å². The van der Waals surface area contributed by atoms with Gasteiger partial charge in [-0.05, 0) is 95.1 Å². The molecule has 0 unspecified atom stereocenters. The third kappa shape index (κ3) is 6.57. The Bertz CT molecular complexity index is 2750. The highest BCUT2D eigenvalue weighted by Crippen LogP contribution is 2.40. The summed E-state index contributed by atoms with van der Waals surface area (Å²) in [5.41, 5.74) is 10.9. The van der Waals surface area contributed by atoms with Crippen molar-refractivity contribution in [3.05, 3.63) is 211 Å². The molecule has 258 valence electrons. The fourth-order valence-corrected chi connectivity index (χ4v) is 7.17. The average molecular weight is 696 g/mol. The molecule has 1 aromatic heterocycles. The maximum Gasteiger partial charge on any atom is 0.155 e. The van der Waals surface area contributed by atoms with Gasteiger partial charge in [-0.15, -0.1) is 0 Å². The Morgan fingerprint density at radius 2 is 1.11 bits per heavy atom. The molecule has 54 heavy (non-hydrogen) atoms. The summed E-state index contributed by atoms with van der Waals surface area (Å²) in [5, 5.41) is 4.44. The molecule has 0 bridgehead atoms. The molecule has 9 aromatic rings. The molecule has 0 radical (unpaired) electrons. The molecule has 4 heteroatoms. The minimum absolute atomic E-state index is 0.528. The number of benzene rings is 8. The van der Waals surface area contributed by atoms with Gasteiger partial charge in [-0.3, -0.25) is 4.99 Å². The van der Waals surface area contributed by atoms with Crippen molar-refractivity contribution in [2.24, 2.45) is 9.98 Å². The van der Waals surface area contributed by atoms with Crippen LogP contribution in [0.3, 0.4) is 0 Å². The van der Waals surface area contributed by atoms with Crippen molar-refractivity contribution in [3.8, 4) is 11.1 Å². The molecule has 0 amide bonds. The molecule has 0 aliphatic heterocycles. The lowest BCUT2D eigenvalue weighted by atomic mass is 9.96. The first-order valence-corrected chi connectivity index (χ1v) is 18.3. The van der Waals surface area contributed by atoms with Gasteiger partial charge in [0.15, 0.2) is 5.84 Å². The van der Waals surface area contributed by atoms with Crippen LogP contribution < -0.4 is 4.90 Å². The van der Waals surface area contributed by atoms with Crippen molar-refractivity contribution in [2.75, 3.05) is 4.90 Å². The van der Waals surface area contributed by atoms with E-state index in [4.69, 9.17) is 14.4 Å². The second-order valence-electron chi connectivity index (χ2n) is 13.4. The Morgan fingerprint density at radius 3 is 1.80 bits per heavy atom. The van der Waals surface area contributed by atoms with Crippen LogP contribution in [0, 0.1) is 0 Å². The molecule has 0 aliphatic carbocycles. The Labute approximate surface area is 315 Å². The molecule has 0 N–H and O–H groups in total. The van der Waals surface area contributed by atoms with Gasteiger partial charge in [0.05, 0.1) is 12.3 Å². The second kappa shape index (κ2) is 14.5. The van der Waals surface area contributed by atoms with Crippen LogP contribution in [0.5, 0.6) is 0 Å². The lowest BCUT2D eigenvalue weighted by Gasteiger charge is -2.26. The second-order valence-corrected chi connectivity index (χ2v) is 13.4. The number of anilines is 3. The molecule has 9 rings (SSSR count). The van der Waals surface area contributed by atoms with E-state index >= 15 is 0 Å². The van der Waals surface area contributed by atoms with Crippen LogP contribution in [-0.2, 0) is 6.54 Å². The summed E-state index contributed by atoms with van der Waals surface area (Å²) in [6.07, 6.45) is 0. The Morgan fingerprint density at radius 1 is 0.519 bits per heavy atom.